The first-order valence-corrected chi connectivity index (χ1v) is 10.8. The van der Waals surface area contributed by atoms with Crippen LogP contribution in [0.3, 0.4) is 0 Å². The molecule has 0 saturated carbocycles. The van der Waals surface area contributed by atoms with Gasteiger partial charge in [-0.3, -0.25) is 9.20 Å². The SMILES string of the molecule is COc1cc(-n2cc(C(=O)c3c(-c4ccccc4)nc4sccn34)nn2)cc(OC)c1OC. The molecule has 0 aliphatic carbocycles. The summed E-state index contributed by atoms with van der Waals surface area (Å²) in [7, 11) is 4.61. The van der Waals surface area contributed by atoms with E-state index < -0.39 is 0 Å². The fourth-order valence-corrected chi connectivity index (χ4v) is 4.33. The lowest BCUT2D eigenvalue weighted by Gasteiger charge is -2.13. The van der Waals surface area contributed by atoms with E-state index in [2.05, 4.69) is 15.3 Å². The van der Waals surface area contributed by atoms with Crippen molar-refractivity contribution in [3.8, 4) is 34.2 Å². The van der Waals surface area contributed by atoms with Crippen LogP contribution in [0.2, 0.25) is 0 Å². The number of thiazole rings is 1. The molecule has 5 rings (SSSR count). The monoisotopic (exact) mass is 461 g/mol. The molecule has 0 aliphatic rings. The van der Waals surface area contributed by atoms with Gasteiger partial charge in [-0.25, -0.2) is 9.67 Å². The Balaban J connectivity index is 1.58. The van der Waals surface area contributed by atoms with Gasteiger partial charge in [-0.2, -0.15) is 0 Å². The van der Waals surface area contributed by atoms with Crippen LogP contribution in [0.1, 0.15) is 16.2 Å². The Morgan fingerprint density at radius 2 is 1.73 bits per heavy atom. The normalized spacial score (nSPS) is 11.0. The van der Waals surface area contributed by atoms with E-state index >= 15 is 0 Å². The van der Waals surface area contributed by atoms with Crippen LogP contribution in [0.25, 0.3) is 21.9 Å². The molecule has 0 N–H and O–H groups in total. The molecule has 3 aromatic heterocycles. The van der Waals surface area contributed by atoms with E-state index in [1.807, 2.05) is 41.9 Å². The molecule has 2 aromatic carbocycles. The number of fused-ring (bicyclic) bond motifs is 1. The van der Waals surface area contributed by atoms with Crippen LogP contribution in [0, 0.1) is 0 Å². The molecule has 0 saturated heterocycles. The van der Waals surface area contributed by atoms with Crippen LogP contribution in [0.4, 0.5) is 0 Å². The van der Waals surface area contributed by atoms with E-state index in [1.54, 1.807) is 22.7 Å². The first kappa shape index (κ1) is 20.7. The van der Waals surface area contributed by atoms with Crippen molar-refractivity contribution >= 4 is 22.1 Å². The average Bonchev–Trinajstić information content (AvgIpc) is 3.59. The van der Waals surface area contributed by atoms with Crippen LogP contribution in [-0.4, -0.2) is 51.5 Å². The van der Waals surface area contributed by atoms with Crippen molar-refractivity contribution in [2.45, 2.75) is 0 Å². The summed E-state index contributed by atoms with van der Waals surface area (Å²) in [6, 6.07) is 13.1. The van der Waals surface area contributed by atoms with Gasteiger partial charge in [0.25, 0.3) is 0 Å². The number of carbonyl (C=O) groups is 1. The van der Waals surface area contributed by atoms with Crippen LogP contribution in [0.15, 0.2) is 60.2 Å². The van der Waals surface area contributed by atoms with E-state index in [4.69, 9.17) is 14.2 Å². The Morgan fingerprint density at radius 1 is 1.00 bits per heavy atom. The number of methoxy groups -OCH3 is 3. The highest BCUT2D eigenvalue weighted by Crippen LogP contribution is 2.39. The quantitative estimate of drug-likeness (QED) is 0.339. The average molecular weight is 462 g/mol. The van der Waals surface area contributed by atoms with E-state index in [1.165, 1.54) is 37.3 Å². The minimum atomic E-state index is -0.279. The number of ether oxygens (including phenoxy) is 3. The van der Waals surface area contributed by atoms with Gasteiger partial charge < -0.3 is 14.2 Å². The molecule has 0 fully saturated rings. The molecule has 0 amide bonds. The number of hydrogen-bond donors (Lipinski definition) is 0. The van der Waals surface area contributed by atoms with E-state index in [0.29, 0.717) is 34.3 Å². The van der Waals surface area contributed by atoms with Gasteiger partial charge >= 0.3 is 0 Å². The lowest BCUT2D eigenvalue weighted by molar-refractivity contribution is 0.102. The Kier molecular flexibility index (Phi) is 5.27. The van der Waals surface area contributed by atoms with Gasteiger partial charge in [0.15, 0.2) is 22.2 Å². The smallest absolute Gasteiger partial charge is 0.233 e. The van der Waals surface area contributed by atoms with Crippen molar-refractivity contribution in [2.75, 3.05) is 21.3 Å². The highest BCUT2D eigenvalue weighted by molar-refractivity contribution is 7.15. The summed E-state index contributed by atoms with van der Waals surface area (Å²) in [5, 5.41) is 10.2. The molecule has 0 spiro atoms. The lowest BCUT2D eigenvalue weighted by atomic mass is 10.1. The van der Waals surface area contributed by atoms with Gasteiger partial charge in [0.05, 0.1) is 33.2 Å². The molecule has 0 radical (unpaired) electrons. The Bertz CT molecular complexity index is 1430. The topological polar surface area (TPSA) is 92.8 Å². The fourth-order valence-electron chi connectivity index (χ4n) is 3.61. The predicted octanol–water partition coefficient (Wildman–Crippen LogP) is 3.90. The third kappa shape index (κ3) is 3.50. The Morgan fingerprint density at radius 3 is 2.39 bits per heavy atom. The molecule has 33 heavy (non-hydrogen) atoms. The number of ketones is 1. The van der Waals surface area contributed by atoms with Gasteiger partial charge in [0.1, 0.15) is 11.4 Å². The third-order valence-electron chi connectivity index (χ3n) is 5.16. The second-order valence-electron chi connectivity index (χ2n) is 6.99. The van der Waals surface area contributed by atoms with Crippen molar-refractivity contribution in [3.63, 3.8) is 0 Å². The molecule has 9 nitrogen and oxygen atoms in total. The number of nitrogens with zero attached hydrogens (tertiary/aromatic N) is 5. The van der Waals surface area contributed by atoms with Crippen molar-refractivity contribution in [1.82, 2.24) is 24.4 Å². The van der Waals surface area contributed by atoms with E-state index in [0.717, 1.165) is 10.5 Å². The molecular weight excluding hydrogens is 442 g/mol. The largest absolute Gasteiger partial charge is 0.493 e. The summed E-state index contributed by atoms with van der Waals surface area (Å²) in [4.78, 5) is 19.0. The van der Waals surface area contributed by atoms with Crippen molar-refractivity contribution < 1.29 is 19.0 Å². The summed E-state index contributed by atoms with van der Waals surface area (Å²) < 4.78 is 19.5. The van der Waals surface area contributed by atoms with Gasteiger partial charge in [-0.1, -0.05) is 35.5 Å². The number of hydrogen-bond acceptors (Lipinski definition) is 8. The van der Waals surface area contributed by atoms with E-state index in [-0.39, 0.29) is 11.5 Å². The van der Waals surface area contributed by atoms with Crippen LogP contribution in [0.5, 0.6) is 17.2 Å². The summed E-state index contributed by atoms with van der Waals surface area (Å²) in [5.74, 6) is 1.12. The first-order chi connectivity index (χ1) is 16.1. The number of carbonyl (C=O) groups excluding carboxylic acids is 1. The number of benzene rings is 2. The number of aromatic nitrogens is 5. The zero-order chi connectivity index (χ0) is 22.9. The second-order valence-corrected chi connectivity index (χ2v) is 7.86. The molecular formula is C23H19N5O4S. The Hall–Kier alpha value is -4.18. The molecule has 10 heteroatoms. The summed E-state index contributed by atoms with van der Waals surface area (Å²) in [6.07, 6.45) is 3.40. The van der Waals surface area contributed by atoms with Gasteiger partial charge in [0, 0.05) is 29.3 Å². The van der Waals surface area contributed by atoms with Crippen LogP contribution in [-0.2, 0) is 0 Å². The molecule has 166 valence electrons. The molecule has 3 heterocycles. The van der Waals surface area contributed by atoms with E-state index in [9.17, 15) is 4.79 Å². The maximum atomic E-state index is 13.6. The third-order valence-corrected chi connectivity index (χ3v) is 5.92. The molecule has 0 bridgehead atoms. The van der Waals surface area contributed by atoms with Gasteiger partial charge in [-0.05, 0) is 0 Å². The van der Waals surface area contributed by atoms with Crippen molar-refractivity contribution in [2.24, 2.45) is 0 Å². The Labute approximate surface area is 192 Å². The second kappa shape index (κ2) is 8.40. The zero-order valence-corrected chi connectivity index (χ0v) is 18.9. The van der Waals surface area contributed by atoms with Crippen molar-refractivity contribution in [3.05, 3.63) is 71.6 Å². The van der Waals surface area contributed by atoms with Gasteiger partial charge in [0.2, 0.25) is 11.5 Å². The highest BCUT2D eigenvalue weighted by atomic mass is 32.1. The molecule has 0 atom stereocenters. The number of imidazole rings is 1. The van der Waals surface area contributed by atoms with Gasteiger partial charge in [-0.15, -0.1) is 16.4 Å². The van der Waals surface area contributed by atoms with Crippen LogP contribution < -0.4 is 14.2 Å². The van der Waals surface area contributed by atoms with Crippen LogP contribution >= 0.6 is 11.3 Å². The number of rotatable bonds is 7. The fraction of sp³-hybridized carbons (Fsp3) is 0.130. The summed E-state index contributed by atoms with van der Waals surface area (Å²) in [5.41, 5.74) is 2.69. The minimum absolute atomic E-state index is 0.189. The highest BCUT2D eigenvalue weighted by Gasteiger charge is 2.25. The summed E-state index contributed by atoms with van der Waals surface area (Å²) in [6.45, 7) is 0. The maximum absolute atomic E-state index is 13.6. The first-order valence-electron chi connectivity index (χ1n) is 9.93. The summed E-state index contributed by atoms with van der Waals surface area (Å²) >= 11 is 1.46. The van der Waals surface area contributed by atoms with Crippen molar-refractivity contribution in [1.29, 1.82) is 0 Å². The zero-order valence-electron chi connectivity index (χ0n) is 18.1. The minimum Gasteiger partial charge on any atom is -0.493 e. The molecule has 5 aromatic rings. The lowest BCUT2D eigenvalue weighted by Crippen LogP contribution is -2.07. The molecule has 0 unspecified atom stereocenters. The standard InChI is InChI=1S/C23H19N5O4S/c1-30-17-11-15(12-18(31-2)22(17)32-3)28-13-16(25-26-28)21(29)20-19(14-7-5-4-6-8-14)24-23-27(20)9-10-33-23/h4-13H,1-3H3. The predicted molar refractivity (Wildman–Crippen MR) is 123 cm³/mol. The molecule has 0 aliphatic heterocycles. The maximum Gasteiger partial charge on any atom is 0.233 e.